The van der Waals surface area contributed by atoms with Crippen molar-refractivity contribution in [2.45, 2.75) is 30.7 Å². The number of rotatable bonds is 11. The van der Waals surface area contributed by atoms with E-state index in [1.807, 2.05) is 0 Å². The van der Waals surface area contributed by atoms with Crippen LogP contribution in [0.1, 0.15) is 51.8 Å². The van der Waals surface area contributed by atoms with E-state index < -0.39 is 181 Å². The molecular formula is C41H34O27. The van der Waals surface area contributed by atoms with Gasteiger partial charge in [0.25, 0.3) is 0 Å². The van der Waals surface area contributed by atoms with Crippen LogP contribution in [0.2, 0.25) is 0 Å². The summed E-state index contributed by atoms with van der Waals surface area (Å²) in [6.07, 6.45) is -12.2. The molecule has 5 aromatic rings. The summed E-state index contributed by atoms with van der Waals surface area (Å²) in [7, 11) is 0. The molecular weight excluding hydrogens is 924 g/mol. The Balaban J connectivity index is 0.00000864. The van der Waals surface area contributed by atoms with Crippen LogP contribution >= 0.6 is 0 Å². The number of phenolic OH excluding ortho intramolecular Hbond substituents is 15. The Morgan fingerprint density at radius 3 is 0.882 bits per heavy atom. The van der Waals surface area contributed by atoms with Crippen LogP contribution in [0.25, 0.3) is 0 Å². The molecule has 68 heavy (non-hydrogen) atoms. The van der Waals surface area contributed by atoms with Gasteiger partial charge in [0, 0.05) is 0 Å². The van der Waals surface area contributed by atoms with Crippen molar-refractivity contribution in [2.24, 2.45) is 0 Å². The molecule has 6 rings (SSSR count). The molecule has 0 saturated carbocycles. The van der Waals surface area contributed by atoms with Crippen LogP contribution in [-0.4, -0.2) is 149 Å². The smallest absolute Gasteiger partial charge is 0.340 e. The fraction of sp³-hybridized carbons (Fsp3) is 0.146. The second-order valence-electron chi connectivity index (χ2n) is 14.0. The summed E-state index contributed by atoms with van der Waals surface area (Å²) in [5.41, 5.74) is -3.88. The lowest BCUT2D eigenvalue weighted by atomic mass is 9.97. The quantitative estimate of drug-likeness (QED) is 0.0496. The average Bonchev–Trinajstić information content (AvgIpc) is 3.27. The van der Waals surface area contributed by atoms with Gasteiger partial charge >= 0.3 is 29.8 Å². The van der Waals surface area contributed by atoms with Crippen molar-refractivity contribution in [1.29, 1.82) is 0 Å². The molecule has 5 atom stereocenters. The van der Waals surface area contributed by atoms with Gasteiger partial charge in [0.1, 0.15) is 12.7 Å². The van der Waals surface area contributed by atoms with Crippen molar-refractivity contribution in [3.05, 3.63) is 88.5 Å². The van der Waals surface area contributed by atoms with Crippen LogP contribution in [0.4, 0.5) is 0 Å². The largest absolute Gasteiger partial charge is 0.504 e. The molecule has 1 fully saturated rings. The maximum Gasteiger partial charge on any atom is 0.340 e. The highest BCUT2D eigenvalue weighted by Crippen LogP contribution is 2.41. The minimum absolute atomic E-state index is 0. The van der Waals surface area contributed by atoms with Gasteiger partial charge in [0.05, 0.1) is 27.8 Å². The molecule has 1 aliphatic heterocycles. The first-order valence-corrected chi connectivity index (χ1v) is 18.4. The van der Waals surface area contributed by atoms with E-state index in [1.165, 1.54) is 0 Å². The summed E-state index contributed by atoms with van der Waals surface area (Å²) in [5.74, 6) is -24.5. The summed E-state index contributed by atoms with van der Waals surface area (Å²) < 4.78 is 33.2. The summed E-state index contributed by atoms with van der Waals surface area (Å²) in [4.78, 5) is 68.5. The third kappa shape index (κ3) is 10.0. The van der Waals surface area contributed by atoms with Gasteiger partial charge in [-0.25, -0.2) is 24.0 Å². The van der Waals surface area contributed by atoms with E-state index in [0.717, 1.165) is 0 Å². The molecule has 0 aliphatic carbocycles. The first-order valence-electron chi connectivity index (χ1n) is 18.4. The van der Waals surface area contributed by atoms with Gasteiger partial charge in [-0.15, -0.1) is 0 Å². The van der Waals surface area contributed by atoms with Crippen molar-refractivity contribution in [2.75, 3.05) is 6.61 Å². The van der Waals surface area contributed by atoms with Crippen molar-refractivity contribution >= 4 is 29.8 Å². The molecule has 1 aliphatic rings. The number of hydrogen-bond donors (Lipinski definition) is 15. The molecule has 0 bridgehead atoms. The number of phenols is 15. The zero-order valence-electron chi connectivity index (χ0n) is 33.6. The molecule has 0 radical (unpaired) electrons. The summed E-state index contributed by atoms with van der Waals surface area (Å²) in [6, 6.07) is 5.60. The molecule has 360 valence electrons. The number of benzene rings is 5. The maximum atomic E-state index is 13.9. The third-order valence-electron chi connectivity index (χ3n) is 9.45. The monoisotopic (exact) mass is 958 g/mol. The van der Waals surface area contributed by atoms with E-state index in [4.69, 9.17) is 28.4 Å². The van der Waals surface area contributed by atoms with Crippen LogP contribution in [0.5, 0.6) is 86.2 Å². The van der Waals surface area contributed by atoms with Crippen LogP contribution in [0.3, 0.4) is 0 Å². The second-order valence-corrected chi connectivity index (χ2v) is 14.0. The van der Waals surface area contributed by atoms with Gasteiger partial charge < -0.3 is 110 Å². The maximum absolute atomic E-state index is 13.9. The molecule has 5 aromatic carbocycles. The average molecular weight is 959 g/mol. The first-order chi connectivity index (χ1) is 31.4. The Labute approximate surface area is 376 Å². The molecule has 0 aromatic heterocycles. The van der Waals surface area contributed by atoms with Crippen molar-refractivity contribution < 1.29 is 134 Å². The van der Waals surface area contributed by atoms with E-state index in [2.05, 4.69) is 0 Å². The second kappa shape index (κ2) is 19.2. The minimum Gasteiger partial charge on any atom is -0.504 e. The van der Waals surface area contributed by atoms with Gasteiger partial charge in [0.2, 0.25) is 12.4 Å². The van der Waals surface area contributed by atoms with Crippen molar-refractivity contribution in [3.63, 3.8) is 0 Å². The summed E-state index contributed by atoms with van der Waals surface area (Å²) in [5, 5.41) is 150. The van der Waals surface area contributed by atoms with E-state index in [-0.39, 0.29) is 5.48 Å². The van der Waals surface area contributed by atoms with E-state index >= 15 is 0 Å². The number of carbonyl (C=O) groups is 5. The van der Waals surface area contributed by atoms with Crippen LogP contribution in [-0.2, 0) is 28.4 Å². The first kappa shape index (κ1) is 49.4. The molecule has 0 spiro atoms. The zero-order chi connectivity index (χ0) is 49.3. The Morgan fingerprint density at radius 2 is 0.588 bits per heavy atom. The SMILES string of the molecule is O.O=C(OC[C@H]1O[C@@H](OC(=O)c2cc(O)c(O)c(O)c2)[C@H](OC(=O)c2cc(O)c(O)c(O)c2)[C@@H](OC(=O)c2cc(O)c(O)c(O)c2)[C@@H]1OC(=O)c1cc(O)c(O)c(O)c1)c1cc(O)c(O)c(O)c1. The topological polar surface area (TPSA) is 476 Å². The third-order valence-corrected chi connectivity index (χ3v) is 9.45. The standard InChI is InChI=1S/C41H32O26.H2O/c42-17-1-12(2-18(43)28(17)52)36(57)62-11-27-33(64-37(58)13-3-19(44)29(53)20(45)4-13)34(65-38(59)14-5-21(46)30(54)22(47)6-14)35(66-39(60)15-7-23(48)31(55)24(49)8-15)41(63-27)67-40(61)16-9-25(50)32(56)26(51)10-16;/h1-10,27,33-35,41-56H,11H2;1H2/t27-,33-,34+,35-,41+;/m1./s1. The molecule has 27 nitrogen and oxygen atoms in total. The number of esters is 5. The lowest BCUT2D eigenvalue weighted by Gasteiger charge is -2.43. The Hall–Kier alpha value is -9.63. The van der Waals surface area contributed by atoms with Crippen LogP contribution in [0, 0.1) is 0 Å². The number of aromatic hydroxyl groups is 15. The van der Waals surface area contributed by atoms with Gasteiger partial charge in [-0.1, -0.05) is 0 Å². The highest BCUT2D eigenvalue weighted by Gasteiger charge is 2.55. The number of hydrogen-bond acceptors (Lipinski definition) is 26. The Bertz CT molecular complexity index is 2720. The normalized spacial score (nSPS) is 17.4. The van der Waals surface area contributed by atoms with Crippen LogP contribution < -0.4 is 0 Å². The van der Waals surface area contributed by atoms with Crippen LogP contribution in [0.15, 0.2) is 60.7 Å². The van der Waals surface area contributed by atoms with E-state index in [0.29, 0.717) is 60.7 Å². The fourth-order valence-corrected chi connectivity index (χ4v) is 6.11. The van der Waals surface area contributed by atoms with Gasteiger partial charge in [-0.3, -0.25) is 0 Å². The lowest BCUT2D eigenvalue weighted by Crippen LogP contribution is -2.63. The Kier molecular flexibility index (Phi) is 14.0. The predicted molar refractivity (Wildman–Crippen MR) is 213 cm³/mol. The van der Waals surface area contributed by atoms with Crippen molar-refractivity contribution in [3.8, 4) is 86.2 Å². The van der Waals surface area contributed by atoms with Gasteiger partial charge in [-0.05, 0) is 60.7 Å². The van der Waals surface area contributed by atoms with Gasteiger partial charge in [-0.2, -0.15) is 0 Å². The minimum atomic E-state index is -2.56. The molecule has 1 heterocycles. The highest BCUT2D eigenvalue weighted by atomic mass is 16.7. The molecule has 27 heteroatoms. The van der Waals surface area contributed by atoms with Crippen molar-refractivity contribution in [1.82, 2.24) is 0 Å². The zero-order valence-corrected chi connectivity index (χ0v) is 33.6. The predicted octanol–water partition coefficient (Wildman–Crippen LogP) is 0.861. The summed E-state index contributed by atoms with van der Waals surface area (Å²) >= 11 is 0. The molecule has 17 N–H and O–H groups in total. The van der Waals surface area contributed by atoms with Gasteiger partial charge in [0.15, 0.2) is 98.5 Å². The Morgan fingerprint density at radius 1 is 0.353 bits per heavy atom. The fourth-order valence-electron chi connectivity index (χ4n) is 6.11. The number of ether oxygens (including phenoxy) is 6. The lowest BCUT2D eigenvalue weighted by molar-refractivity contribution is -0.282. The van der Waals surface area contributed by atoms with E-state index in [1.54, 1.807) is 0 Å². The molecule has 1 saturated heterocycles. The highest BCUT2D eigenvalue weighted by molar-refractivity contribution is 5.94. The summed E-state index contributed by atoms with van der Waals surface area (Å²) in [6.45, 7) is -1.25. The van der Waals surface area contributed by atoms with E-state index in [9.17, 15) is 101 Å². The molecule has 0 amide bonds. The molecule has 0 unspecified atom stereocenters. The number of carbonyl (C=O) groups excluding carboxylic acids is 5.